The van der Waals surface area contributed by atoms with Gasteiger partial charge in [-0.3, -0.25) is 4.98 Å². The van der Waals surface area contributed by atoms with Gasteiger partial charge in [0.1, 0.15) is 17.3 Å². The maximum atomic E-state index is 14.5. The van der Waals surface area contributed by atoms with Gasteiger partial charge >= 0.3 is 5.97 Å². The SMILES string of the molecule is CCCCCCCOc1ccc(-c2ccc(OC(=O)c3ccc(CCCCCC)cc3F)cn2)cc1. The van der Waals surface area contributed by atoms with E-state index in [1.165, 1.54) is 50.4 Å². The number of aryl methyl sites for hydroxylation is 1. The van der Waals surface area contributed by atoms with Crippen LogP contribution < -0.4 is 9.47 Å². The van der Waals surface area contributed by atoms with Crippen LogP contribution in [-0.2, 0) is 6.42 Å². The Balaban J connectivity index is 1.50. The standard InChI is InChI=1S/C31H38FNO3/c1-3-5-7-9-11-21-35-26-16-14-25(15-17-26)30-20-18-27(23-33-30)36-31(34)28-19-13-24(22-29(28)32)12-10-8-6-4-2/h13-20,22-23H,3-12,21H2,1-2H3. The Morgan fingerprint density at radius 1 is 0.806 bits per heavy atom. The number of esters is 1. The summed E-state index contributed by atoms with van der Waals surface area (Å²) in [6, 6.07) is 16.0. The molecule has 0 aliphatic heterocycles. The third kappa shape index (κ3) is 8.78. The minimum absolute atomic E-state index is 0.0719. The first kappa shape index (κ1) is 27.4. The summed E-state index contributed by atoms with van der Waals surface area (Å²) in [5.41, 5.74) is 2.51. The van der Waals surface area contributed by atoms with E-state index in [1.807, 2.05) is 24.3 Å². The van der Waals surface area contributed by atoms with Crippen molar-refractivity contribution in [2.24, 2.45) is 0 Å². The third-order valence-corrected chi connectivity index (χ3v) is 6.19. The third-order valence-electron chi connectivity index (χ3n) is 6.19. The van der Waals surface area contributed by atoms with Crippen LogP contribution in [0.5, 0.6) is 11.5 Å². The fourth-order valence-electron chi connectivity index (χ4n) is 4.03. The predicted molar refractivity (Wildman–Crippen MR) is 143 cm³/mol. The molecule has 0 N–H and O–H groups in total. The highest BCUT2D eigenvalue weighted by Crippen LogP contribution is 2.23. The molecule has 0 aliphatic rings. The van der Waals surface area contributed by atoms with Crippen molar-refractivity contribution in [1.29, 1.82) is 0 Å². The molecule has 0 atom stereocenters. The van der Waals surface area contributed by atoms with Crippen molar-refractivity contribution in [3.63, 3.8) is 0 Å². The highest BCUT2D eigenvalue weighted by Gasteiger charge is 2.15. The van der Waals surface area contributed by atoms with Crippen LogP contribution in [0.15, 0.2) is 60.8 Å². The van der Waals surface area contributed by atoms with Gasteiger partial charge in [0, 0.05) is 5.56 Å². The number of ether oxygens (including phenoxy) is 2. The molecule has 0 aliphatic carbocycles. The van der Waals surface area contributed by atoms with Crippen LogP contribution in [0.1, 0.15) is 87.6 Å². The number of aromatic nitrogens is 1. The lowest BCUT2D eigenvalue weighted by Gasteiger charge is -2.09. The number of halogens is 1. The van der Waals surface area contributed by atoms with Crippen molar-refractivity contribution in [2.75, 3.05) is 6.61 Å². The first-order valence-corrected chi connectivity index (χ1v) is 13.3. The number of hydrogen-bond donors (Lipinski definition) is 0. The average Bonchev–Trinajstić information content (AvgIpc) is 2.89. The van der Waals surface area contributed by atoms with E-state index >= 15 is 0 Å². The zero-order valence-electron chi connectivity index (χ0n) is 21.6. The molecule has 3 rings (SSSR count). The van der Waals surface area contributed by atoms with Crippen LogP contribution in [0, 0.1) is 5.82 Å². The van der Waals surface area contributed by atoms with E-state index in [4.69, 9.17) is 9.47 Å². The van der Waals surface area contributed by atoms with Crippen LogP contribution in [0.2, 0.25) is 0 Å². The smallest absolute Gasteiger partial charge is 0.346 e. The summed E-state index contributed by atoms with van der Waals surface area (Å²) < 4.78 is 25.7. The number of benzene rings is 2. The van der Waals surface area contributed by atoms with Crippen molar-refractivity contribution in [2.45, 2.75) is 78.1 Å². The van der Waals surface area contributed by atoms with E-state index in [9.17, 15) is 9.18 Å². The second-order valence-electron chi connectivity index (χ2n) is 9.18. The van der Waals surface area contributed by atoms with Crippen LogP contribution >= 0.6 is 0 Å². The largest absolute Gasteiger partial charge is 0.494 e. The molecule has 36 heavy (non-hydrogen) atoms. The molecular weight excluding hydrogens is 453 g/mol. The van der Waals surface area contributed by atoms with Crippen molar-refractivity contribution >= 4 is 5.97 Å². The molecule has 0 fully saturated rings. The number of nitrogens with zero attached hydrogens (tertiary/aromatic N) is 1. The van der Waals surface area contributed by atoms with Gasteiger partial charge in [-0.05, 0) is 73.4 Å². The molecule has 0 bridgehead atoms. The number of pyridine rings is 1. The Labute approximate surface area is 214 Å². The number of rotatable bonds is 15. The second-order valence-corrected chi connectivity index (χ2v) is 9.18. The fraction of sp³-hybridized carbons (Fsp3) is 0.419. The zero-order valence-corrected chi connectivity index (χ0v) is 21.6. The quantitative estimate of drug-likeness (QED) is 0.158. The van der Waals surface area contributed by atoms with Crippen LogP contribution in [0.25, 0.3) is 11.3 Å². The van der Waals surface area contributed by atoms with Gasteiger partial charge in [0.15, 0.2) is 0 Å². The summed E-state index contributed by atoms with van der Waals surface area (Å²) in [6.07, 6.45) is 12.8. The molecule has 5 heteroatoms. The van der Waals surface area contributed by atoms with E-state index in [0.717, 1.165) is 61.3 Å². The molecule has 0 amide bonds. The Morgan fingerprint density at radius 2 is 1.50 bits per heavy atom. The van der Waals surface area contributed by atoms with Gasteiger partial charge in [-0.25, -0.2) is 9.18 Å². The van der Waals surface area contributed by atoms with Gasteiger partial charge in [-0.1, -0.05) is 64.9 Å². The lowest BCUT2D eigenvalue weighted by molar-refractivity contribution is 0.0729. The molecule has 0 saturated carbocycles. The molecule has 3 aromatic rings. The zero-order chi connectivity index (χ0) is 25.6. The predicted octanol–water partition coefficient (Wildman–Crippen LogP) is 8.58. The van der Waals surface area contributed by atoms with Crippen molar-refractivity contribution in [3.8, 4) is 22.8 Å². The Bertz CT molecular complexity index is 1060. The van der Waals surface area contributed by atoms with Gasteiger partial charge in [0.25, 0.3) is 0 Å². The van der Waals surface area contributed by atoms with Gasteiger partial charge in [0.2, 0.25) is 0 Å². The van der Waals surface area contributed by atoms with Crippen LogP contribution in [0.3, 0.4) is 0 Å². The molecule has 0 spiro atoms. The van der Waals surface area contributed by atoms with Gasteiger partial charge in [0.05, 0.1) is 24.1 Å². The monoisotopic (exact) mass is 491 g/mol. The van der Waals surface area contributed by atoms with Gasteiger partial charge < -0.3 is 9.47 Å². The topological polar surface area (TPSA) is 48.4 Å². The maximum Gasteiger partial charge on any atom is 0.346 e. The highest BCUT2D eigenvalue weighted by molar-refractivity contribution is 5.91. The summed E-state index contributed by atoms with van der Waals surface area (Å²) >= 11 is 0. The first-order valence-electron chi connectivity index (χ1n) is 13.3. The number of carbonyl (C=O) groups excluding carboxylic acids is 1. The Kier molecular flexibility index (Phi) is 11.4. The summed E-state index contributed by atoms with van der Waals surface area (Å²) in [5.74, 6) is -0.166. The average molecular weight is 492 g/mol. The summed E-state index contributed by atoms with van der Waals surface area (Å²) in [6.45, 7) is 5.10. The highest BCUT2D eigenvalue weighted by atomic mass is 19.1. The fourth-order valence-corrected chi connectivity index (χ4v) is 4.03. The number of hydrogen-bond acceptors (Lipinski definition) is 4. The molecule has 0 radical (unpaired) electrons. The van der Waals surface area contributed by atoms with Crippen LogP contribution in [0.4, 0.5) is 4.39 Å². The normalized spacial score (nSPS) is 10.9. The number of carbonyl (C=O) groups is 1. The molecular formula is C31H38FNO3. The van der Waals surface area contributed by atoms with Gasteiger partial charge in [-0.15, -0.1) is 0 Å². The van der Waals surface area contributed by atoms with Crippen molar-refractivity contribution < 1.29 is 18.7 Å². The lowest BCUT2D eigenvalue weighted by Crippen LogP contribution is -2.11. The molecule has 2 aromatic carbocycles. The number of unbranched alkanes of at least 4 members (excludes halogenated alkanes) is 7. The summed E-state index contributed by atoms with van der Waals surface area (Å²) in [7, 11) is 0. The molecule has 1 heterocycles. The molecule has 192 valence electrons. The van der Waals surface area contributed by atoms with Crippen molar-refractivity contribution in [1.82, 2.24) is 4.98 Å². The minimum atomic E-state index is -0.726. The minimum Gasteiger partial charge on any atom is -0.494 e. The first-order chi connectivity index (χ1) is 17.6. The van der Waals surface area contributed by atoms with Crippen molar-refractivity contribution in [3.05, 3.63) is 77.7 Å². The van der Waals surface area contributed by atoms with E-state index in [0.29, 0.717) is 0 Å². The van der Waals surface area contributed by atoms with Crippen LogP contribution in [-0.4, -0.2) is 17.6 Å². The summed E-state index contributed by atoms with van der Waals surface area (Å²) in [4.78, 5) is 16.9. The lowest BCUT2D eigenvalue weighted by atomic mass is 10.0. The van der Waals surface area contributed by atoms with E-state index in [1.54, 1.807) is 18.2 Å². The van der Waals surface area contributed by atoms with E-state index < -0.39 is 11.8 Å². The molecule has 0 unspecified atom stereocenters. The Morgan fingerprint density at radius 3 is 2.17 bits per heavy atom. The van der Waals surface area contributed by atoms with E-state index in [-0.39, 0.29) is 11.3 Å². The molecule has 0 saturated heterocycles. The Hall–Kier alpha value is -3.21. The van der Waals surface area contributed by atoms with Gasteiger partial charge in [-0.2, -0.15) is 0 Å². The second kappa shape index (κ2) is 15.0. The van der Waals surface area contributed by atoms with E-state index in [2.05, 4.69) is 18.8 Å². The molecule has 4 nitrogen and oxygen atoms in total. The molecule has 1 aromatic heterocycles. The summed E-state index contributed by atoms with van der Waals surface area (Å²) in [5, 5.41) is 0. The maximum absolute atomic E-state index is 14.5.